The van der Waals surface area contributed by atoms with Gasteiger partial charge in [0.2, 0.25) is 5.91 Å². The van der Waals surface area contributed by atoms with Gasteiger partial charge in [0, 0.05) is 39.2 Å². The first kappa shape index (κ1) is 27.2. The highest BCUT2D eigenvalue weighted by Gasteiger charge is 2.37. The van der Waals surface area contributed by atoms with E-state index in [0.717, 1.165) is 50.0 Å². The lowest BCUT2D eigenvalue weighted by molar-refractivity contribution is -0.121. The van der Waals surface area contributed by atoms with Crippen LogP contribution in [0.3, 0.4) is 0 Å². The molecule has 3 aromatic carbocycles. The molecular formula is C30H33Cl2N3O2. The molecule has 0 bridgehead atoms. The molecule has 1 saturated heterocycles. The van der Waals surface area contributed by atoms with Gasteiger partial charge in [-0.2, -0.15) is 0 Å². The van der Waals surface area contributed by atoms with Gasteiger partial charge in [-0.25, -0.2) is 0 Å². The fourth-order valence-corrected chi connectivity index (χ4v) is 5.58. The number of nitrogens with zero attached hydrogens (tertiary/aromatic N) is 2. The van der Waals surface area contributed by atoms with Gasteiger partial charge in [-0.3, -0.25) is 9.59 Å². The van der Waals surface area contributed by atoms with Crippen LogP contribution >= 0.6 is 23.2 Å². The molecule has 0 radical (unpaired) electrons. The highest BCUT2D eigenvalue weighted by atomic mass is 35.5. The number of hydrogen-bond donors (Lipinski definition) is 1. The second-order valence-electron chi connectivity index (χ2n) is 9.73. The highest BCUT2D eigenvalue weighted by Crippen LogP contribution is 2.35. The summed E-state index contributed by atoms with van der Waals surface area (Å²) in [7, 11) is 1.84. The lowest BCUT2D eigenvalue weighted by atomic mass is 9.80. The van der Waals surface area contributed by atoms with E-state index in [2.05, 4.69) is 22.3 Å². The molecule has 5 nitrogen and oxygen atoms in total. The van der Waals surface area contributed by atoms with Crippen LogP contribution in [-0.4, -0.2) is 48.3 Å². The van der Waals surface area contributed by atoms with Crippen LogP contribution < -0.4 is 5.32 Å². The number of rotatable bonds is 8. The maximum atomic E-state index is 13.3. The normalized spacial score (nSPS) is 16.1. The van der Waals surface area contributed by atoms with Gasteiger partial charge in [0.15, 0.2) is 0 Å². The molecule has 0 saturated carbocycles. The lowest BCUT2D eigenvalue weighted by Gasteiger charge is -2.43. The average Bonchev–Trinajstić information content (AvgIpc) is 2.91. The highest BCUT2D eigenvalue weighted by molar-refractivity contribution is 6.42. The van der Waals surface area contributed by atoms with E-state index in [1.165, 1.54) is 0 Å². The Morgan fingerprint density at radius 2 is 1.57 bits per heavy atom. The first-order valence-electron chi connectivity index (χ1n) is 12.6. The number of piperidine rings is 1. The summed E-state index contributed by atoms with van der Waals surface area (Å²) in [6.07, 6.45) is 2.39. The van der Waals surface area contributed by atoms with Crippen LogP contribution in [0, 0.1) is 0 Å². The van der Waals surface area contributed by atoms with Crippen LogP contribution in [0.15, 0.2) is 78.9 Å². The molecule has 4 rings (SSSR count). The molecule has 1 aliphatic heterocycles. The third-order valence-corrected chi connectivity index (χ3v) is 8.05. The molecule has 0 aliphatic carbocycles. The molecule has 0 unspecified atom stereocenters. The van der Waals surface area contributed by atoms with E-state index in [0.29, 0.717) is 15.6 Å². The maximum absolute atomic E-state index is 13.3. The number of likely N-dealkylation sites (tertiary alicyclic amines) is 1. The maximum Gasteiger partial charge on any atom is 0.254 e. The smallest absolute Gasteiger partial charge is 0.254 e. The van der Waals surface area contributed by atoms with Gasteiger partial charge >= 0.3 is 0 Å². The Bertz CT molecular complexity index is 1210. The third kappa shape index (κ3) is 6.53. The van der Waals surface area contributed by atoms with Crippen molar-refractivity contribution >= 4 is 35.0 Å². The van der Waals surface area contributed by atoms with Gasteiger partial charge in [0.25, 0.3) is 5.91 Å². The molecule has 1 atom stereocenters. The quantitative estimate of drug-likeness (QED) is 0.365. The summed E-state index contributed by atoms with van der Waals surface area (Å²) in [6.45, 7) is 4.08. The Morgan fingerprint density at radius 1 is 0.946 bits per heavy atom. The summed E-state index contributed by atoms with van der Waals surface area (Å²) in [5, 5.41) is 4.21. The zero-order chi connectivity index (χ0) is 26.4. The first-order valence-corrected chi connectivity index (χ1v) is 13.4. The zero-order valence-corrected chi connectivity index (χ0v) is 22.8. The molecule has 2 amide bonds. The minimum absolute atomic E-state index is 0.0157. The monoisotopic (exact) mass is 537 g/mol. The molecular weight excluding hydrogens is 505 g/mol. The molecule has 3 aromatic rings. The van der Waals surface area contributed by atoms with Gasteiger partial charge in [-0.05, 0) is 54.7 Å². The number of halogens is 2. The van der Waals surface area contributed by atoms with Crippen molar-refractivity contribution in [1.82, 2.24) is 15.1 Å². The number of benzene rings is 3. The van der Waals surface area contributed by atoms with E-state index >= 15 is 0 Å². The number of nitrogens with one attached hydrogen (secondary N) is 1. The second-order valence-corrected chi connectivity index (χ2v) is 10.5. The van der Waals surface area contributed by atoms with Crippen molar-refractivity contribution in [3.8, 4) is 0 Å². The Kier molecular flexibility index (Phi) is 8.91. The number of hydrogen-bond acceptors (Lipinski definition) is 3. The summed E-state index contributed by atoms with van der Waals surface area (Å²) in [6, 6.07) is 25.0. The predicted molar refractivity (Wildman–Crippen MR) is 150 cm³/mol. The van der Waals surface area contributed by atoms with Gasteiger partial charge in [-0.15, -0.1) is 0 Å². The molecule has 194 valence electrons. The van der Waals surface area contributed by atoms with Crippen LogP contribution in [0.5, 0.6) is 0 Å². The first-order chi connectivity index (χ1) is 17.8. The van der Waals surface area contributed by atoms with Gasteiger partial charge in [0.1, 0.15) is 0 Å². The SMILES string of the molecule is CC(=O)NC1(c2ccccc2)CCN(CC[C@@H](c2ccc(Cl)c(Cl)c2)N(C)C(=O)c2ccccc2)CC1. The number of amides is 2. The van der Waals surface area contributed by atoms with E-state index in [9.17, 15) is 9.59 Å². The third-order valence-electron chi connectivity index (χ3n) is 7.31. The number of carbonyl (C=O) groups excluding carboxylic acids is 2. The minimum atomic E-state index is -0.354. The molecule has 1 aliphatic rings. The summed E-state index contributed by atoms with van der Waals surface area (Å²) < 4.78 is 0. The lowest BCUT2D eigenvalue weighted by Crippen LogP contribution is -2.52. The van der Waals surface area contributed by atoms with Crippen molar-refractivity contribution in [2.24, 2.45) is 0 Å². The van der Waals surface area contributed by atoms with Crippen molar-refractivity contribution in [3.63, 3.8) is 0 Å². The van der Waals surface area contributed by atoms with Crippen molar-refractivity contribution in [2.75, 3.05) is 26.7 Å². The summed E-state index contributed by atoms with van der Waals surface area (Å²) in [4.78, 5) is 29.6. The second kappa shape index (κ2) is 12.1. The van der Waals surface area contributed by atoms with Crippen molar-refractivity contribution in [3.05, 3.63) is 106 Å². The van der Waals surface area contributed by atoms with Gasteiger partial charge in [-0.1, -0.05) is 77.8 Å². The fourth-order valence-electron chi connectivity index (χ4n) is 5.27. The van der Waals surface area contributed by atoms with Crippen molar-refractivity contribution < 1.29 is 9.59 Å². The van der Waals surface area contributed by atoms with E-state index in [-0.39, 0.29) is 23.4 Å². The van der Waals surface area contributed by atoms with E-state index in [1.807, 2.05) is 67.7 Å². The minimum Gasteiger partial charge on any atom is -0.347 e. The van der Waals surface area contributed by atoms with E-state index in [4.69, 9.17) is 23.2 Å². The average molecular weight is 539 g/mol. The standard InChI is InChI=1S/C30H33Cl2N3O2/c1-22(36)33-30(25-11-7-4-8-12-25)16-19-35(20-17-30)18-15-28(24-13-14-26(31)27(32)21-24)34(2)29(37)23-9-5-3-6-10-23/h3-14,21,28H,15-20H2,1-2H3,(H,33,36)/t28-/m0/s1. The Labute approximate surface area is 229 Å². The molecule has 0 aromatic heterocycles. The summed E-state index contributed by atoms with van der Waals surface area (Å²) >= 11 is 12.5. The van der Waals surface area contributed by atoms with Crippen molar-refractivity contribution in [1.29, 1.82) is 0 Å². The summed E-state index contributed by atoms with van der Waals surface area (Å²) in [5.74, 6) is -0.0536. The van der Waals surface area contributed by atoms with Gasteiger partial charge in [0.05, 0.1) is 21.6 Å². The number of carbonyl (C=O) groups is 2. The predicted octanol–water partition coefficient (Wildman–Crippen LogP) is 6.32. The Balaban J connectivity index is 1.49. The fraction of sp³-hybridized carbons (Fsp3) is 0.333. The largest absolute Gasteiger partial charge is 0.347 e. The van der Waals surface area contributed by atoms with E-state index < -0.39 is 0 Å². The molecule has 1 heterocycles. The topological polar surface area (TPSA) is 52.7 Å². The van der Waals surface area contributed by atoms with Crippen LogP contribution in [0.25, 0.3) is 0 Å². The summed E-state index contributed by atoms with van der Waals surface area (Å²) in [5.41, 5.74) is 2.39. The molecule has 37 heavy (non-hydrogen) atoms. The van der Waals surface area contributed by atoms with E-state index in [1.54, 1.807) is 17.9 Å². The van der Waals surface area contributed by atoms with Gasteiger partial charge < -0.3 is 15.1 Å². The zero-order valence-electron chi connectivity index (χ0n) is 21.3. The van der Waals surface area contributed by atoms with Crippen LogP contribution in [0.4, 0.5) is 0 Å². The van der Waals surface area contributed by atoms with Crippen LogP contribution in [0.1, 0.15) is 53.7 Å². The van der Waals surface area contributed by atoms with Crippen LogP contribution in [0.2, 0.25) is 10.0 Å². The molecule has 0 spiro atoms. The van der Waals surface area contributed by atoms with Crippen molar-refractivity contribution in [2.45, 2.75) is 37.8 Å². The Hall–Kier alpha value is -2.86. The molecule has 1 N–H and O–H groups in total. The van der Waals surface area contributed by atoms with Crippen LogP contribution in [-0.2, 0) is 10.3 Å². The molecule has 7 heteroatoms. The molecule has 1 fully saturated rings. The Morgan fingerprint density at radius 3 is 2.16 bits per heavy atom.